The lowest BCUT2D eigenvalue weighted by Crippen LogP contribution is -2.47. The summed E-state index contributed by atoms with van der Waals surface area (Å²) in [7, 11) is 2.33. The van der Waals surface area contributed by atoms with E-state index >= 15 is 0 Å². The highest BCUT2D eigenvalue weighted by Crippen LogP contribution is 2.25. The Bertz CT molecular complexity index is 146. The molecule has 0 aromatic carbocycles. The van der Waals surface area contributed by atoms with Crippen LogP contribution in [0.5, 0.6) is 0 Å². The van der Waals surface area contributed by atoms with E-state index in [1.165, 1.54) is 51.6 Å². The van der Waals surface area contributed by atoms with Gasteiger partial charge < -0.3 is 5.32 Å². The Hall–Kier alpha value is -0.0800. The van der Waals surface area contributed by atoms with Crippen LogP contribution in [0.1, 0.15) is 38.5 Å². The molecule has 0 bridgehead atoms. The molecule has 1 aliphatic carbocycles. The zero-order valence-electron chi connectivity index (χ0n) is 8.76. The zero-order chi connectivity index (χ0) is 9.10. The molecule has 13 heavy (non-hydrogen) atoms. The van der Waals surface area contributed by atoms with Gasteiger partial charge in [-0.25, -0.2) is 0 Å². The van der Waals surface area contributed by atoms with Gasteiger partial charge in [-0.3, -0.25) is 4.90 Å². The fourth-order valence-corrected chi connectivity index (χ4v) is 2.79. The van der Waals surface area contributed by atoms with Gasteiger partial charge in [0.25, 0.3) is 0 Å². The number of piperidine rings is 1. The molecule has 1 saturated carbocycles. The van der Waals surface area contributed by atoms with E-state index in [0.717, 1.165) is 12.1 Å². The first-order chi connectivity index (χ1) is 6.38. The van der Waals surface area contributed by atoms with Crippen LogP contribution < -0.4 is 5.32 Å². The first-order valence-electron chi connectivity index (χ1n) is 5.80. The second-order valence-electron chi connectivity index (χ2n) is 4.60. The fraction of sp³-hybridized carbons (Fsp3) is 1.00. The molecule has 0 spiro atoms. The van der Waals surface area contributed by atoms with Crippen LogP contribution in [0.4, 0.5) is 0 Å². The average molecular weight is 182 g/mol. The number of nitrogens with one attached hydrogen (secondary N) is 1. The summed E-state index contributed by atoms with van der Waals surface area (Å²) in [6, 6.07) is 1.71. The summed E-state index contributed by atoms with van der Waals surface area (Å²) in [5.41, 5.74) is 0. The maximum atomic E-state index is 3.50. The lowest BCUT2D eigenvalue weighted by atomic mass is 10.0. The fourth-order valence-electron chi connectivity index (χ4n) is 2.79. The summed E-state index contributed by atoms with van der Waals surface area (Å²) < 4.78 is 0. The van der Waals surface area contributed by atoms with E-state index in [1.54, 1.807) is 0 Å². The Morgan fingerprint density at radius 1 is 1.00 bits per heavy atom. The number of nitrogens with zero attached hydrogens (tertiary/aromatic N) is 1. The molecular weight excluding hydrogens is 160 g/mol. The number of rotatable bonds is 2. The molecule has 1 saturated heterocycles. The van der Waals surface area contributed by atoms with Crippen molar-refractivity contribution in [1.82, 2.24) is 10.2 Å². The minimum atomic E-state index is 0.817. The smallest absolute Gasteiger partial charge is 0.0220 e. The summed E-state index contributed by atoms with van der Waals surface area (Å²) in [5.74, 6) is 0. The maximum absolute atomic E-state index is 3.50. The molecule has 2 nitrogen and oxygen atoms in total. The second-order valence-corrected chi connectivity index (χ2v) is 4.60. The monoisotopic (exact) mass is 182 g/mol. The molecule has 1 heterocycles. The van der Waals surface area contributed by atoms with Crippen molar-refractivity contribution in [2.75, 3.05) is 20.1 Å². The number of hydrogen-bond acceptors (Lipinski definition) is 2. The van der Waals surface area contributed by atoms with E-state index in [0.29, 0.717) is 0 Å². The Kier molecular flexibility index (Phi) is 3.23. The maximum Gasteiger partial charge on any atom is 0.0220 e. The van der Waals surface area contributed by atoms with Crippen molar-refractivity contribution in [2.45, 2.75) is 50.6 Å². The Morgan fingerprint density at radius 2 is 1.69 bits per heavy atom. The highest BCUT2D eigenvalue weighted by molar-refractivity contribution is 4.83. The van der Waals surface area contributed by atoms with Crippen molar-refractivity contribution in [3.63, 3.8) is 0 Å². The lowest BCUT2D eigenvalue weighted by molar-refractivity contribution is 0.148. The molecular formula is C11H22N2. The van der Waals surface area contributed by atoms with Gasteiger partial charge in [0.2, 0.25) is 0 Å². The van der Waals surface area contributed by atoms with Gasteiger partial charge in [-0.1, -0.05) is 12.8 Å². The van der Waals surface area contributed by atoms with Crippen LogP contribution in [0.3, 0.4) is 0 Å². The third-order valence-corrected chi connectivity index (χ3v) is 3.75. The third-order valence-electron chi connectivity index (χ3n) is 3.75. The normalized spacial score (nSPS) is 31.4. The van der Waals surface area contributed by atoms with Crippen LogP contribution in [0, 0.1) is 0 Å². The standard InChI is InChI=1S/C11H22N2/c1-13(10-5-2-3-6-10)11-7-4-8-12-9-11/h10-12H,2-9H2,1H3. The SMILES string of the molecule is CN(C1CCCC1)C1CCCNC1. The third kappa shape index (κ3) is 2.23. The Morgan fingerprint density at radius 3 is 2.31 bits per heavy atom. The average Bonchev–Trinajstić information content (AvgIpc) is 2.71. The van der Waals surface area contributed by atoms with Gasteiger partial charge in [-0.2, -0.15) is 0 Å². The molecule has 0 radical (unpaired) electrons. The summed E-state index contributed by atoms with van der Waals surface area (Å²) in [4.78, 5) is 2.64. The van der Waals surface area contributed by atoms with E-state index in [1.807, 2.05) is 0 Å². The van der Waals surface area contributed by atoms with E-state index in [9.17, 15) is 0 Å². The van der Waals surface area contributed by atoms with Crippen LogP contribution in [0.15, 0.2) is 0 Å². The van der Waals surface area contributed by atoms with Gasteiger partial charge >= 0.3 is 0 Å². The second kappa shape index (κ2) is 4.43. The van der Waals surface area contributed by atoms with Gasteiger partial charge in [0.15, 0.2) is 0 Å². The first-order valence-corrected chi connectivity index (χ1v) is 5.80. The minimum Gasteiger partial charge on any atom is -0.315 e. The lowest BCUT2D eigenvalue weighted by Gasteiger charge is -2.35. The van der Waals surface area contributed by atoms with Crippen LogP contribution >= 0.6 is 0 Å². The topological polar surface area (TPSA) is 15.3 Å². The molecule has 2 heteroatoms. The van der Waals surface area contributed by atoms with Crippen LogP contribution in [0.25, 0.3) is 0 Å². The summed E-state index contributed by atoms with van der Waals surface area (Å²) in [5, 5.41) is 3.50. The van der Waals surface area contributed by atoms with E-state index < -0.39 is 0 Å². The van der Waals surface area contributed by atoms with Crippen LogP contribution in [-0.2, 0) is 0 Å². The van der Waals surface area contributed by atoms with Gasteiger partial charge in [-0.05, 0) is 39.3 Å². The molecule has 0 amide bonds. The first kappa shape index (κ1) is 9.47. The molecule has 1 N–H and O–H groups in total. The molecule has 1 aliphatic heterocycles. The minimum absolute atomic E-state index is 0.817. The number of hydrogen-bond donors (Lipinski definition) is 1. The van der Waals surface area contributed by atoms with Crippen LogP contribution in [-0.4, -0.2) is 37.1 Å². The Labute approximate surface area is 81.7 Å². The quantitative estimate of drug-likeness (QED) is 0.698. The zero-order valence-corrected chi connectivity index (χ0v) is 8.76. The van der Waals surface area contributed by atoms with Gasteiger partial charge in [0.05, 0.1) is 0 Å². The molecule has 1 unspecified atom stereocenters. The van der Waals surface area contributed by atoms with E-state index in [-0.39, 0.29) is 0 Å². The van der Waals surface area contributed by atoms with Gasteiger partial charge in [-0.15, -0.1) is 0 Å². The van der Waals surface area contributed by atoms with Crippen molar-refractivity contribution in [3.8, 4) is 0 Å². The van der Waals surface area contributed by atoms with E-state index in [4.69, 9.17) is 0 Å². The Balaban J connectivity index is 1.83. The van der Waals surface area contributed by atoms with Crippen molar-refractivity contribution in [1.29, 1.82) is 0 Å². The highest BCUT2D eigenvalue weighted by atomic mass is 15.2. The predicted molar refractivity (Wildman–Crippen MR) is 55.9 cm³/mol. The molecule has 1 atom stereocenters. The summed E-state index contributed by atoms with van der Waals surface area (Å²) in [6.07, 6.45) is 8.55. The van der Waals surface area contributed by atoms with Crippen molar-refractivity contribution >= 4 is 0 Å². The predicted octanol–water partition coefficient (Wildman–Crippen LogP) is 1.61. The molecule has 2 aliphatic rings. The largest absolute Gasteiger partial charge is 0.315 e. The molecule has 2 fully saturated rings. The van der Waals surface area contributed by atoms with Crippen molar-refractivity contribution in [2.24, 2.45) is 0 Å². The van der Waals surface area contributed by atoms with Crippen LogP contribution in [0.2, 0.25) is 0 Å². The molecule has 0 aromatic heterocycles. The van der Waals surface area contributed by atoms with E-state index in [2.05, 4.69) is 17.3 Å². The van der Waals surface area contributed by atoms with Crippen molar-refractivity contribution < 1.29 is 0 Å². The summed E-state index contributed by atoms with van der Waals surface area (Å²) >= 11 is 0. The summed E-state index contributed by atoms with van der Waals surface area (Å²) in [6.45, 7) is 2.45. The highest BCUT2D eigenvalue weighted by Gasteiger charge is 2.26. The van der Waals surface area contributed by atoms with Gasteiger partial charge in [0.1, 0.15) is 0 Å². The van der Waals surface area contributed by atoms with Crippen molar-refractivity contribution in [3.05, 3.63) is 0 Å². The molecule has 0 aromatic rings. The molecule has 2 rings (SSSR count). The van der Waals surface area contributed by atoms with Gasteiger partial charge in [0, 0.05) is 18.6 Å². The molecule has 76 valence electrons. The number of likely N-dealkylation sites (N-methyl/N-ethyl adjacent to an activating group) is 1.